The van der Waals surface area contributed by atoms with Gasteiger partial charge in [-0.25, -0.2) is 4.39 Å². The highest BCUT2D eigenvalue weighted by Crippen LogP contribution is 2.35. The van der Waals surface area contributed by atoms with Gasteiger partial charge in [0.15, 0.2) is 5.76 Å². The van der Waals surface area contributed by atoms with Crippen molar-refractivity contribution in [1.82, 2.24) is 4.98 Å². The molecule has 4 nitrogen and oxygen atoms in total. The fourth-order valence-electron chi connectivity index (χ4n) is 2.67. The van der Waals surface area contributed by atoms with Crippen LogP contribution in [0.25, 0.3) is 6.08 Å². The minimum atomic E-state index is -0.402. The number of nitrogens with zero attached hydrogens (tertiary/aromatic N) is 1. The number of fused-ring (bicyclic) bond motifs is 1. The van der Waals surface area contributed by atoms with Crippen molar-refractivity contribution in [2.24, 2.45) is 0 Å². The van der Waals surface area contributed by atoms with Crippen LogP contribution < -0.4 is 9.47 Å². The molecular formula is C21H13ClFNO3. The topological polar surface area (TPSA) is 48.4 Å². The lowest BCUT2D eigenvalue weighted by Gasteiger charge is -2.08. The summed E-state index contributed by atoms with van der Waals surface area (Å²) in [6, 6.07) is 12.7. The van der Waals surface area contributed by atoms with Crippen LogP contribution in [0.3, 0.4) is 0 Å². The average Bonchev–Trinajstić information content (AvgIpc) is 2.97. The van der Waals surface area contributed by atoms with Gasteiger partial charge < -0.3 is 9.47 Å². The molecule has 0 saturated carbocycles. The van der Waals surface area contributed by atoms with E-state index in [9.17, 15) is 9.18 Å². The van der Waals surface area contributed by atoms with Gasteiger partial charge in [0.25, 0.3) is 0 Å². The summed E-state index contributed by atoms with van der Waals surface area (Å²) in [6.07, 6.45) is 4.95. The summed E-state index contributed by atoms with van der Waals surface area (Å²) in [5.41, 5.74) is 1.90. The molecule has 2 aromatic carbocycles. The zero-order valence-corrected chi connectivity index (χ0v) is 14.7. The van der Waals surface area contributed by atoms with Crippen molar-refractivity contribution in [3.8, 4) is 11.5 Å². The third-order valence-electron chi connectivity index (χ3n) is 4.03. The second kappa shape index (κ2) is 7.21. The second-order valence-corrected chi connectivity index (χ2v) is 6.32. The predicted molar refractivity (Wildman–Crippen MR) is 99.4 cm³/mol. The van der Waals surface area contributed by atoms with Crippen LogP contribution in [0.2, 0.25) is 5.02 Å². The van der Waals surface area contributed by atoms with Crippen LogP contribution in [0.1, 0.15) is 21.5 Å². The number of halogens is 2. The van der Waals surface area contributed by atoms with Crippen molar-refractivity contribution < 1.29 is 18.7 Å². The van der Waals surface area contributed by atoms with Crippen molar-refractivity contribution in [1.29, 1.82) is 0 Å². The molecule has 0 atom stereocenters. The van der Waals surface area contributed by atoms with Gasteiger partial charge in [-0.05, 0) is 42.0 Å². The fraction of sp³-hybridized carbons (Fsp3) is 0.0476. The summed E-state index contributed by atoms with van der Waals surface area (Å²) in [4.78, 5) is 16.5. The Balaban J connectivity index is 1.51. The van der Waals surface area contributed by atoms with Gasteiger partial charge >= 0.3 is 0 Å². The molecule has 2 heterocycles. The van der Waals surface area contributed by atoms with Crippen molar-refractivity contribution in [3.63, 3.8) is 0 Å². The number of carbonyl (C=O) groups excluding carboxylic acids is 1. The number of rotatable bonds is 4. The molecule has 27 heavy (non-hydrogen) atoms. The van der Waals surface area contributed by atoms with E-state index in [1.165, 1.54) is 12.1 Å². The fourth-order valence-corrected chi connectivity index (χ4v) is 2.89. The van der Waals surface area contributed by atoms with Crippen molar-refractivity contribution in [3.05, 3.63) is 94.2 Å². The molecule has 1 aromatic heterocycles. The quantitative estimate of drug-likeness (QED) is 0.592. The van der Waals surface area contributed by atoms with Gasteiger partial charge in [-0.3, -0.25) is 9.78 Å². The standard InChI is InChI=1S/C21H13ClFNO3/c22-18-9-15(23)4-3-14(18)12-26-16-5-6-17-19(10-16)27-20(21(17)25)8-13-2-1-7-24-11-13/h1-11H,12H2. The summed E-state index contributed by atoms with van der Waals surface area (Å²) < 4.78 is 24.5. The second-order valence-electron chi connectivity index (χ2n) is 5.91. The van der Waals surface area contributed by atoms with E-state index in [-0.39, 0.29) is 18.1 Å². The molecule has 0 saturated heterocycles. The van der Waals surface area contributed by atoms with Crippen LogP contribution in [0, 0.1) is 5.82 Å². The first kappa shape index (κ1) is 17.2. The minimum Gasteiger partial charge on any atom is -0.489 e. The van der Waals surface area contributed by atoms with Crippen LogP contribution in [0.4, 0.5) is 4.39 Å². The first-order chi connectivity index (χ1) is 13.1. The first-order valence-corrected chi connectivity index (χ1v) is 8.53. The maximum Gasteiger partial charge on any atom is 0.231 e. The van der Waals surface area contributed by atoms with E-state index in [1.807, 2.05) is 6.07 Å². The van der Waals surface area contributed by atoms with Gasteiger partial charge in [0.1, 0.15) is 23.9 Å². The van der Waals surface area contributed by atoms with Crippen LogP contribution in [0.5, 0.6) is 11.5 Å². The number of pyridine rings is 1. The highest BCUT2D eigenvalue weighted by molar-refractivity contribution is 6.31. The summed E-state index contributed by atoms with van der Waals surface area (Å²) >= 11 is 6.00. The Morgan fingerprint density at radius 3 is 2.85 bits per heavy atom. The summed E-state index contributed by atoms with van der Waals surface area (Å²) in [5.74, 6) is 0.585. The van der Waals surface area contributed by atoms with Crippen molar-refractivity contribution in [2.45, 2.75) is 6.61 Å². The highest BCUT2D eigenvalue weighted by atomic mass is 35.5. The number of benzene rings is 2. The number of Topliss-reactive ketones (excluding diaryl/α,β-unsaturated/α-hetero) is 1. The molecule has 1 aliphatic heterocycles. The number of allylic oxidation sites excluding steroid dienone is 1. The van der Waals surface area contributed by atoms with E-state index in [0.29, 0.717) is 27.6 Å². The number of ether oxygens (including phenoxy) is 2. The number of ketones is 1. The van der Waals surface area contributed by atoms with Crippen molar-refractivity contribution in [2.75, 3.05) is 0 Å². The van der Waals surface area contributed by atoms with Gasteiger partial charge in [-0.2, -0.15) is 0 Å². The Labute approximate surface area is 159 Å². The minimum absolute atomic E-state index is 0.171. The molecule has 134 valence electrons. The lowest BCUT2D eigenvalue weighted by Crippen LogP contribution is -1.98. The Morgan fingerprint density at radius 1 is 1.19 bits per heavy atom. The summed E-state index contributed by atoms with van der Waals surface area (Å²) in [7, 11) is 0. The van der Waals surface area contributed by atoms with Crippen LogP contribution in [-0.4, -0.2) is 10.8 Å². The Kier molecular flexibility index (Phi) is 4.60. The molecular weight excluding hydrogens is 369 g/mol. The molecule has 4 rings (SSSR count). The lowest BCUT2D eigenvalue weighted by molar-refractivity contribution is 0.101. The molecule has 0 N–H and O–H groups in total. The normalized spacial score (nSPS) is 14.1. The predicted octanol–water partition coefficient (Wildman–Crippen LogP) is 5.07. The summed E-state index contributed by atoms with van der Waals surface area (Å²) in [6.45, 7) is 0.171. The molecule has 3 aromatic rings. The molecule has 6 heteroatoms. The number of aromatic nitrogens is 1. The summed E-state index contributed by atoms with van der Waals surface area (Å²) in [5, 5.41) is 0.296. The lowest BCUT2D eigenvalue weighted by atomic mass is 10.1. The molecule has 0 aliphatic carbocycles. The number of hydrogen-bond acceptors (Lipinski definition) is 4. The average molecular weight is 382 g/mol. The zero-order valence-electron chi connectivity index (χ0n) is 14.0. The van der Waals surface area contributed by atoms with Crippen LogP contribution >= 0.6 is 11.6 Å². The van der Waals surface area contributed by atoms with Gasteiger partial charge in [0, 0.05) is 24.0 Å². The molecule has 0 spiro atoms. The van der Waals surface area contributed by atoms with E-state index < -0.39 is 5.82 Å². The van der Waals surface area contributed by atoms with E-state index in [4.69, 9.17) is 21.1 Å². The first-order valence-electron chi connectivity index (χ1n) is 8.15. The zero-order chi connectivity index (χ0) is 18.8. The van der Waals surface area contributed by atoms with Crippen LogP contribution in [-0.2, 0) is 6.61 Å². The molecule has 0 amide bonds. The monoisotopic (exact) mass is 381 g/mol. The van der Waals surface area contributed by atoms with Gasteiger partial charge in [0.2, 0.25) is 5.78 Å². The van der Waals surface area contributed by atoms with Crippen molar-refractivity contribution >= 4 is 23.5 Å². The Hall–Kier alpha value is -3.18. The van der Waals surface area contributed by atoms with Gasteiger partial charge in [-0.15, -0.1) is 0 Å². The largest absolute Gasteiger partial charge is 0.489 e. The maximum absolute atomic E-state index is 13.1. The van der Waals surface area contributed by atoms with E-state index in [0.717, 1.165) is 5.56 Å². The third-order valence-corrected chi connectivity index (χ3v) is 4.38. The Bertz CT molecular complexity index is 1050. The molecule has 1 aliphatic rings. The maximum atomic E-state index is 13.1. The molecule has 0 unspecified atom stereocenters. The molecule has 0 bridgehead atoms. The third kappa shape index (κ3) is 3.68. The SMILES string of the molecule is O=C1C(=Cc2cccnc2)Oc2cc(OCc3ccc(F)cc3Cl)ccc21. The van der Waals surface area contributed by atoms with Gasteiger partial charge in [-0.1, -0.05) is 23.7 Å². The Morgan fingerprint density at radius 2 is 2.07 bits per heavy atom. The van der Waals surface area contributed by atoms with Gasteiger partial charge in [0.05, 0.1) is 10.6 Å². The molecule has 0 radical (unpaired) electrons. The van der Waals surface area contributed by atoms with Crippen LogP contribution in [0.15, 0.2) is 66.7 Å². The number of hydrogen-bond donors (Lipinski definition) is 0. The van der Waals surface area contributed by atoms with E-state index in [2.05, 4.69) is 4.98 Å². The number of carbonyl (C=O) groups is 1. The smallest absolute Gasteiger partial charge is 0.231 e. The van der Waals surface area contributed by atoms with E-state index >= 15 is 0 Å². The molecule has 0 fully saturated rings. The highest BCUT2D eigenvalue weighted by Gasteiger charge is 2.27. The van der Waals surface area contributed by atoms with E-state index in [1.54, 1.807) is 48.8 Å².